The summed E-state index contributed by atoms with van der Waals surface area (Å²) in [5.74, 6) is -0.345. The zero-order chi connectivity index (χ0) is 26.8. The summed E-state index contributed by atoms with van der Waals surface area (Å²) < 4.78 is 12.0. The predicted octanol–water partition coefficient (Wildman–Crippen LogP) is 6.42. The Kier molecular flexibility index (Phi) is 7.15. The van der Waals surface area contributed by atoms with Crippen LogP contribution in [0.5, 0.6) is 11.5 Å². The molecule has 5 rings (SSSR count). The van der Waals surface area contributed by atoms with E-state index in [2.05, 4.69) is 11.9 Å². The van der Waals surface area contributed by atoms with Crippen LogP contribution in [-0.4, -0.2) is 35.5 Å². The Hall–Kier alpha value is -4.17. The number of methoxy groups -OCH3 is 1. The molecule has 4 aromatic rings. The van der Waals surface area contributed by atoms with Crippen LogP contribution >= 0.6 is 11.3 Å². The van der Waals surface area contributed by atoms with Crippen molar-refractivity contribution < 1.29 is 24.2 Å². The molecule has 1 unspecified atom stereocenters. The summed E-state index contributed by atoms with van der Waals surface area (Å²) in [5, 5.41) is 11.7. The van der Waals surface area contributed by atoms with Crippen molar-refractivity contribution in [3.05, 3.63) is 89.0 Å². The van der Waals surface area contributed by atoms with Gasteiger partial charge in [0.1, 0.15) is 17.3 Å². The molecule has 0 radical (unpaired) electrons. The Labute approximate surface area is 225 Å². The Bertz CT molecular complexity index is 1520. The quantitative estimate of drug-likeness (QED) is 0.123. The molecule has 194 valence electrons. The minimum atomic E-state index is -0.858. The second kappa shape index (κ2) is 10.7. The Balaban J connectivity index is 1.63. The van der Waals surface area contributed by atoms with Crippen molar-refractivity contribution in [2.45, 2.75) is 32.7 Å². The average molecular weight is 529 g/mol. The van der Waals surface area contributed by atoms with Gasteiger partial charge in [-0.1, -0.05) is 66.6 Å². The van der Waals surface area contributed by atoms with Crippen LogP contribution in [0.15, 0.2) is 72.3 Å². The van der Waals surface area contributed by atoms with E-state index in [1.807, 2.05) is 55.5 Å². The lowest BCUT2D eigenvalue weighted by molar-refractivity contribution is -0.132. The second-order valence-corrected chi connectivity index (χ2v) is 10.1. The highest BCUT2D eigenvalue weighted by Crippen LogP contribution is 2.44. The number of hydrogen-bond acceptors (Lipinski definition) is 7. The van der Waals surface area contributed by atoms with Gasteiger partial charge in [-0.3, -0.25) is 14.5 Å². The summed E-state index contributed by atoms with van der Waals surface area (Å²) in [5.41, 5.74) is 2.85. The lowest BCUT2D eigenvalue weighted by Gasteiger charge is -2.23. The Morgan fingerprint density at radius 3 is 2.42 bits per heavy atom. The number of hydrogen-bond donors (Lipinski definition) is 1. The number of fused-ring (bicyclic) bond motifs is 1. The van der Waals surface area contributed by atoms with Gasteiger partial charge in [-0.05, 0) is 49.2 Å². The zero-order valence-electron chi connectivity index (χ0n) is 21.4. The zero-order valence-corrected chi connectivity index (χ0v) is 22.2. The van der Waals surface area contributed by atoms with Crippen molar-refractivity contribution in [2.75, 3.05) is 18.6 Å². The molecule has 7 nitrogen and oxygen atoms in total. The van der Waals surface area contributed by atoms with E-state index in [0.29, 0.717) is 39.9 Å². The van der Waals surface area contributed by atoms with Crippen molar-refractivity contribution in [3.63, 3.8) is 0 Å². The molecule has 1 amide bonds. The molecule has 0 bridgehead atoms. The molecule has 0 saturated carbocycles. The smallest absolute Gasteiger partial charge is 0.301 e. The number of nitrogens with zero attached hydrogens (tertiary/aromatic N) is 2. The molecule has 1 atom stereocenters. The van der Waals surface area contributed by atoms with Crippen LogP contribution in [0.2, 0.25) is 0 Å². The third-order valence-electron chi connectivity index (χ3n) is 6.52. The van der Waals surface area contributed by atoms with Gasteiger partial charge in [0.05, 0.1) is 35.5 Å². The first-order valence-electron chi connectivity index (χ1n) is 12.5. The van der Waals surface area contributed by atoms with Crippen LogP contribution in [-0.2, 0) is 9.59 Å². The predicted molar refractivity (Wildman–Crippen MR) is 149 cm³/mol. The van der Waals surface area contributed by atoms with Gasteiger partial charge in [-0.2, -0.15) is 0 Å². The Morgan fingerprint density at radius 2 is 1.74 bits per heavy atom. The van der Waals surface area contributed by atoms with Gasteiger partial charge in [-0.15, -0.1) is 0 Å². The normalized spacial score (nSPS) is 16.8. The topological polar surface area (TPSA) is 89.0 Å². The number of aliphatic hydroxyl groups is 1. The highest BCUT2D eigenvalue weighted by molar-refractivity contribution is 7.22. The monoisotopic (exact) mass is 528 g/mol. The maximum atomic E-state index is 13.5. The van der Waals surface area contributed by atoms with Gasteiger partial charge in [0.25, 0.3) is 5.78 Å². The number of Topliss-reactive ketones (excluding diaryl/α,β-unsaturated/α-hetero) is 1. The van der Waals surface area contributed by atoms with Crippen LogP contribution in [0.3, 0.4) is 0 Å². The number of ether oxygens (including phenoxy) is 2. The molecule has 2 heterocycles. The van der Waals surface area contributed by atoms with E-state index in [-0.39, 0.29) is 11.3 Å². The fraction of sp³-hybridized carbons (Fsp3) is 0.233. The number of aromatic nitrogens is 1. The number of ketones is 1. The van der Waals surface area contributed by atoms with Crippen molar-refractivity contribution in [1.29, 1.82) is 0 Å². The van der Waals surface area contributed by atoms with Gasteiger partial charge in [-0.25, -0.2) is 4.98 Å². The SMILES string of the molecule is CCCCOc1ccc(C2C(=C(O)c3ccc(C)cc3)C(=O)C(=O)N2c2nc3ccc(OC)cc3s2)cc1. The fourth-order valence-corrected chi connectivity index (χ4v) is 5.44. The molecule has 1 N–H and O–H groups in total. The fourth-order valence-electron chi connectivity index (χ4n) is 4.42. The van der Waals surface area contributed by atoms with Crippen LogP contribution in [0, 0.1) is 6.92 Å². The van der Waals surface area contributed by atoms with Crippen molar-refractivity contribution in [3.8, 4) is 11.5 Å². The number of anilines is 1. The largest absolute Gasteiger partial charge is 0.507 e. The number of thiazole rings is 1. The van der Waals surface area contributed by atoms with E-state index in [0.717, 1.165) is 23.1 Å². The van der Waals surface area contributed by atoms with E-state index in [4.69, 9.17) is 9.47 Å². The van der Waals surface area contributed by atoms with Crippen molar-refractivity contribution in [2.24, 2.45) is 0 Å². The number of unbranched alkanes of at least 4 members (excludes halogenated alkanes) is 1. The molecule has 1 saturated heterocycles. The first-order valence-corrected chi connectivity index (χ1v) is 13.3. The van der Waals surface area contributed by atoms with E-state index in [9.17, 15) is 14.7 Å². The van der Waals surface area contributed by atoms with Gasteiger partial charge >= 0.3 is 5.91 Å². The Morgan fingerprint density at radius 1 is 1.03 bits per heavy atom. The van der Waals surface area contributed by atoms with E-state index < -0.39 is 17.7 Å². The number of carbonyl (C=O) groups excluding carboxylic acids is 2. The number of amides is 1. The summed E-state index contributed by atoms with van der Waals surface area (Å²) in [7, 11) is 1.59. The summed E-state index contributed by atoms with van der Waals surface area (Å²) in [4.78, 5) is 33.0. The molecule has 1 aliphatic rings. The molecular formula is C30H28N2O5S. The molecule has 1 aliphatic heterocycles. The lowest BCUT2D eigenvalue weighted by Crippen LogP contribution is -2.29. The maximum Gasteiger partial charge on any atom is 0.301 e. The van der Waals surface area contributed by atoms with Crippen LogP contribution in [0.25, 0.3) is 16.0 Å². The standard InChI is InChI=1S/C30H28N2O5S/c1-4-5-16-37-21-12-10-19(11-13-21)26-25(27(33)20-8-6-18(2)7-9-20)28(34)29(35)32(26)30-31-23-15-14-22(36-3)17-24(23)38-30/h6-15,17,26,33H,4-5,16H2,1-3H3. The minimum Gasteiger partial charge on any atom is -0.507 e. The first-order chi connectivity index (χ1) is 18.4. The van der Waals surface area contributed by atoms with Crippen molar-refractivity contribution >= 4 is 44.1 Å². The van der Waals surface area contributed by atoms with E-state index in [1.54, 1.807) is 25.3 Å². The summed E-state index contributed by atoms with van der Waals surface area (Å²) in [6.07, 6.45) is 1.97. The van der Waals surface area contributed by atoms with Gasteiger partial charge in [0.15, 0.2) is 5.13 Å². The maximum absolute atomic E-state index is 13.5. The molecule has 3 aromatic carbocycles. The minimum absolute atomic E-state index is 0.0235. The van der Waals surface area contributed by atoms with Crippen LogP contribution in [0.4, 0.5) is 5.13 Å². The van der Waals surface area contributed by atoms with Gasteiger partial charge in [0.2, 0.25) is 0 Å². The third kappa shape index (κ3) is 4.75. The number of aliphatic hydroxyl groups excluding tert-OH is 1. The molecule has 38 heavy (non-hydrogen) atoms. The highest BCUT2D eigenvalue weighted by Gasteiger charge is 2.48. The van der Waals surface area contributed by atoms with Crippen LogP contribution in [0.1, 0.15) is 42.5 Å². The number of carbonyl (C=O) groups is 2. The average Bonchev–Trinajstić information content (AvgIpc) is 3.46. The van der Waals surface area contributed by atoms with E-state index >= 15 is 0 Å². The second-order valence-electron chi connectivity index (χ2n) is 9.14. The molecule has 0 aliphatic carbocycles. The summed E-state index contributed by atoms with van der Waals surface area (Å²) in [6.45, 7) is 4.65. The molecule has 0 spiro atoms. The molecule has 1 fully saturated rings. The molecule has 1 aromatic heterocycles. The number of benzene rings is 3. The lowest BCUT2D eigenvalue weighted by atomic mass is 9.95. The highest BCUT2D eigenvalue weighted by atomic mass is 32.1. The number of aryl methyl sites for hydroxylation is 1. The molecular weight excluding hydrogens is 500 g/mol. The van der Waals surface area contributed by atoms with Gasteiger partial charge in [0, 0.05) is 5.56 Å². The van der Waals surface area contributed by atoms with Crippen molar-refractivity contribution in [1.82, 2.24) is 4.98 Å². The molecule has 8 heteroatoms. The summed E-state index contributed by atoms with van der Waals surface area (Å²) in [6, 6.07) is 19.1. The van der Waals surface area contributed by atoms with Gasteiger partial charge < -0.3 is 14.6 Å². The van der Waals surface area contributed by atoms with E-state index in [1.165, 1.54) is 16.2 Å². The third-order valence-corrected chi connectivity index (χ3v) is 7.54. The summed E-state index contributed by atoms with van der Waals surface area (Å²) >= 11 is 1.29. The number of rotatable bonds is 8. The van der Waals surface area contributed by atoms with Crippen LogP contribution < -0.4 is 14.4 Å². The first kappa shape index (κ1) is 25.5.